The van der Waals surface area contributed by atoms with Crippen molar-refractivity contribution in [3.8, 4) is 0 Å². The molecule has 102 valence electrons. The van der Waals surface area contributed by atoms with Crippen LogP contribution in [0, 0.1) is 13.8 Å². The predicted molar refractivity (Wildman–Crippen MR) is 77.1 cm³/mol. The summed E-state index contributed by atoms with van der Waals surface area (Å²) in [5, 5.41) is 10.4. The minimum absolute atomic E-state index is 0.482. The molecule has 0 fully saturated rings. The molecular formula is C16H22N2O. The molecule has 1 aromatic heterocycles. The van der Waals surface area contributed by atoms with Crippen LogP contribution in [0.5, 0.6) is 0 Å². The van der Waals surface area contributed by atoms with Crippen molar-refractivity contribution >= 4 is 0 Å². The van der Waals surface area contributed by atoms with Gasteiger partial charge in [-0.1, -0.05) is 25.1 Å². The minimum Gasteiger partial charge on any atom is -0.387 e. The maximum atomic E-state index is 10.4. The van der Waals surface area contributed by atoms with E-state index in [9.17, 15) is 5.11 Å². The topological polar surface area (TPSA) is 38.0 Å². The Morgan fingerprint density at radius 2 is 2.05 bits per heavy atom. The van der Waals surface area contributed by atoms with Crippen LogP contribution in [0.15, 0.2) is 30.6 Å². The lowest BCUT2D eigenvalue weighted by Gasteiger charge is -2.15. The first-order valence-corrected chi connectivity index (χ1v) is 6.87. The maximum Gasteiger partial charge on any atom is 0.108 e. The van der Waals surface area contributed by atoms with Gasteiger partial charge in [-0.2, -0.15) is 0 Å². The highest BCUT2D eigenvalue weighted by molar-refractivity contribution is 5.31. The normalized spacial score (nSPS) is 12.6. The molecule has 1 N–H and O–H groups in total. The summed E-state index contributed by atoms with van der Waals surface area (Å²) in [6, 6.07) is 6.13. The first kappa shape index (κ1) is 13.8. The highest BCUT2D eigenvalue weighted by Crippen LogP contribution is 2.19. The summed E-state index contributed by atoms with van der Waals surface area (Å²) in [4.78, 5) is 4.34. The highest BCUT2D eigenvalue weighted by Gasteiger charge is 2.11. The van der Waals surface area contributed by atoms with E-state index >= 15 is 0 Å². The van der Waals surface area contributed by atoms with Crippen molar-refractivity contribution in [1.29, 1.82) is 0 Å². The van der Waals surface area contributed by atoms with E-state index in [2.05, 4.69) is 37.9 Å². The van der Waals surface area contributed by atoms with Crippen molar-refractivity contribution in [2.24, 2.45) is 0 Å². The Hall–Kier alpha value is -1.61. The van der Waals surface area contributed by atoms with Gasteiger partial charge in [0.2, 0.25) is 0 Å². The van der Waals surface area contributed by atoms with E-state index in [0.717, 1.165) is 24.2 Å². The average molecular weight is 258 g/mol. The van der Waals surface area contributed by atoms with Crippen LogP contribution in [-0.2, 0) is 13.0 Å². The third-order valence-electron chi connectivity index (χ3n) is 3.56. The second-order valence-electron chi connectivity index (χ2n) is 5.11. The molecule has 0 aliphatic carbocycles. The number of imidazole rings is 1. The van der Waals surface area contributed by atoms with Crippen LogP contribution < -0.4 is 0 Å². The number of nitrogens with zero attached hydrogens (tertiary/aromatic N) is 2. The molecule has 2 rings (SSSR count). The van der Waals surface area contributed by atoms with Crippen molar-refractivity contribution in [2.75, 3.05) is 0 Å². The second kappa shape index (κ2) is 6.02. The van der Waals surface area contributed by atoms with E-state index in [1.165, 1.54) is 11.1 Å². The number of benzene rings is 1. The number of hydrogen-bond acceptors (Lipinski definition) is 2. The zero-order chi connectivity index (χ0) is 13.8. The van der Waals surface area contributed by atoms with Gasteiger partial charge >= 0.3 is 0 Å². The summed E-state index contributed by atoms with van der Waals surface area (Å²) in [6.07, 6.45) is 5.28. The summed E-state index contributed by atoms with van der Waals surface area (Å²) in [5.74, 6) is 1.05. The average Bonchev–Trinajstić information content (AvgIpc) is 2.80. The molecule has 1 heterocycles. The molecule has 1 unspecified atom stereocenters. The Bertz CT molecular complexity index is 545. The molecular weight excluding hydrogens is 236 g/mol. The lowest BCUT2D eigenvalue weighted by atomic mass is 10.0. The number of rotatable bonds is 5. The quantitative estimate of drug-likeness (QED) is 0.894. The molecule has 19 heavy (non-hydrogen) atoms. The Morgan fingerprint density at radius 1 is 1.26 bits per heavy atom. The third-order valence-corrected chi connectivity index (χ3v) is 3.56. The molecule has 0 radical (unpaired) electrons. The Balaban J connectivity index is 2.13. The summed E-state index contributed by atoms with van der Waals surface area (Å²) in [7, 11) is 0. The smallest absolute Gasteiger partial charge is 0.108 e. The fourth-order valence-corrected chi connectivity index (χ4v) is 2.22. The van der Waals surface area contributed by atoms with Gasteiger partial charge in [0.15, 0.2) is 0 Å². The molecule has 1 aromatic carbocycles. The van der Waals surface area contributed by atoms with Gasteiger partial charge in [-0.25, -0.2) is 4.98 Å². The minimum atomic E-state index is -0.482. The molecule has 0 spiro atoms. The second-order valence-corrected chi connectivity index (χ2v) is 5.11. The van der Waals surface area contributed by atoms with E-state index in [1.54, 1.807) is 6.20 Å². The molecule has 0 aliphatic rings. The van der Waals surface area contributed by atoms with Crippen molar-refractivity contribution in [3.63, 3.8) is 0 Å². The van der Waals surface area contributed by atoms with Crippen LogP contribution in [0.3, 0.4) is 0 Å². The van der Waals surface area contributed by atoms with Gasteiger partial charge in [-0.3, -0.25) is 0 Å². The van der Waals surface area contributed by atoms with Gasteiger partial charge in [-0.15, -0.1) is 0 Å². The fourth-order valence-electron chi connectivity index (χ4n) is 2.22. The highest BCUT2D eigenvalue weighted by atomic mass is 16.3. The third kappa shape index (κ3) is 3.24. The zero-order valence-electron chi connectivity index (χ0n) is 11.9. The van der Waals surface area contributed by atoms with Crippen molar-refractivity contribution in [3.05, 3.63) is 53.1 Å². The number of aromatic nitrogens is 2. The van der Waals surface area contributed by atoms with Gasteiger partial charge in [0, 0.05) is 18.8 Å². The monoisotopic (exact) mass is 258 g/mol. The van der Waals surface area contributed by atoms with Gasteiger partial charge in [-0.05, 0) is 37.0 Å². The zero-order valence-corrected chi connectivity index (χ0v) is 11.9. The maximum absolute atomic E-state index is 10.4. The van der Waals surface area contributed by atoms with Crippen LogP contribution in [-0.4, -0.2) is 14.7 Å². The fraction of sp³-hybridized carbons (Fsp3) is 0.438. The SMILES string of the molecule is CCCc1nccn1CC(O)c1ccc(C)c(C)c1. The van der Waals surface area contributed by atoms with Crippen LogP contribution in [0.1, 0.15) is 42.0 Å². The predicted octanol–water partition coefficient (Wildman–Crippen LogP) is 3.19. The summed E-state index contributed by atoms with van der Waals surface area (Å²) >= 11 is 0. The van der Waals surface area contributed by atoms with Gasteiger partial charge < -0.3 is 9.67 Å². The first-order chi connectivity index (χ1) is 9.11. The van der Waals surface area contributed by atoms with Crippen molar-refractivity contribution in [2.45, 2.75) is 46.3 Å². The lowest BCUT2D eigenvalue weighted by molar-refractivity contribution is 0.155. The molecule has 0 saturated heterocycles. The number of aliphatic hydroxyl groups is 1. The van der Waals surface area contributed by atoms with Crippen LogP contribution in [0.4, 0.5) is 0 Å². The molecule has 3 heteroatoms. The summed E-state index contributed by atoms with van der Waals surface area (Å²) < 4.78 is 2.04. The van der Waals surface area contributed by atoms with E-state index in [-0.39, 0.29) is 0 Å². The van der Waals surface area contributed by atoms with Crippen LogP contribution >= 0.6 is 0 Å². The van der Waals surface area contributed by atoms with Gasteiger partial charge in [0.1, 0.15) is 5.82 Å². The Kier molecular flexibility index (Phi) is 4.38. The molecule has 3 nitrogen and oxygen atoms in total. The molecule has 0 saturated carbocycles. The largest absolute Gasteiger partial charge is 0.387 e. The molecule has 0 bridgehead atoms. The Labute approximate surface area is 114 Å². The Morgan fingerprint density at radius 3 is 2.74 bits per heavy atom. The van der Waals surface area contributed by atoms with Gasteiger partial charge in [0.25, 0.3) is 0 Å². The summed E-state index contributed by atoms with van der Waals surface area (Å²) in [5.41, 5.74) is 3.44. The van der Waals surface area contributed by atoms with Crippen LogP contribution in [0.2, 0.25) is 0 Å². The molecule has 1 atom stereocenters. The molecule has 0 aliphatic heterocycles. The van der Waals surface area contributed by atoms with Crippen LogP contribution in [0.25, 0.3) is 0 Å². The molecule has 0 amide bonds. The number of aliphatic hydroxyl groups excluding tert-OH is 1. The molecule has 2 aromatic rings. The number of aryl methyl sites for hydroxylation is 3. The number of hydrogen-bond donors (Lipinski definition) is 1. The summed E-state index contributed by atoms with van der Waals surface area (Å²) in [6.45, 7) is 6.86. The van der Waals surface area contributed by atoms with E-state index < -0.39 is 6.10 Å². The van der Waals surface area contributed by atoms with Crippen molar-refractivity contribution < 1.29 is 5.11 Å². The first-order valence-electron chi connectivity index (χ1n) is 6.87. The van der Waals surface area contributed by atoms with E-state index in [0.29, 0.717) is 6.54 Å². The van der Waals surface area contributed by atoms with Crippen molar-refractivity contribution in [1.82, 2.24) is 9.55 Å². The standard InChI is InChI=1S/C16H22N2O/c1-4-5-16-17-8-9-18(16)11-15(19)14-7-6-12(2)13(3)10-14/h6-10,15,19H,4-5,11H2,1-3H3. The van der Waals surface area contributed by atoms with Gasteiger partial charge in [0.05, 0.1) is 12.6 Å². The van der Waals surface area contributed by atoms with E-state index in [4.69, 9.17) is 0 Å². The lowest BCUT2D eigenvalue weighted by Crippen LogP contribution is -2.11. The van der Waals surface area contributed by atoms with E-state index in [1.807, 2.05) is 16.8 Å².